The van der Waals surface area contributed by atoms with Gasteiger partial charge in [-0.05, 0) is 5.56 Å². The van der Waals surface area contributed by atoms with Crippen molar-refractivity contribution < 1.29 is 40.3 Å². The molecule has 0 saturated heterocycles. The topological polar surface area (TPSA) is 0 Å². The molecule has 0 aliphatic rings. The van der Waals surface area contributed by atoms with Crippen LogP contribution in [0.4, 0.5) is 0 Å². The van der Waals surface area contributed by atoms with Crippen molar-refractivity contribution in [3.8, 4) is 11.1 Å². The van der Waals surface area contributed by atoms with Crippen molar-refractivity contribution in [2.24, 2.45) is 0 Å². The fourth-order valence-corrected chi connectivity index (χ4v) is 2.25. The van der Waals surface area contributed by atoms with Crippen LogP contribution in [-0.4, -0.2) is 0 Å². The predicted octanol–water partition coefficient (Wildman–Crippen LogP) is -4.46. The molecule has 3 aromatic rings. The van der Waals surface area contributed by atoms with Crippen molar-refractivity contribution in [2.75, 3.05) is 0 Å². The maximum atomic E-state index is 2.26. The van der Waals surface area contributed by atoms with Gasteiger partial charge in [-0.3, -0.25) is 0 Å². The summed E-state index contributed by atoms with van der Waals surface area (Å²) >= 11 is 0. The summed E-state index contributed by atoms with van der Waals surface area (Å²) in [6, 6.07) is 21.6. The quantitative estimate of drug-likeness (QED) is 0.387. The van der Waals surface area contributed by atoms with Gasteiger partial charge in [-0.15, -0.1) is 34.5 Å². The van der Waals surface area contributed by atoms with Gasteiger partial charge in [-0.2, -0.15) is 6.07 Å². The van der Waals surface area contributed by atoms with E-state index in [9.17, 15) is 0 Å². The van der Waals surface area contributed by atoms with E-state index >= 15 is 0 Å². The molecule has 20 heavy (non-hydrogen) atoms. The van der Waals surface area contributed by atoms with Gasteiger partial charge < -0.3 is 14.1 Å². The van der Waals surface area contributed by atoms with Crippen LogP contribution in [0.5, 0.6) is 0 Å². The smallest absolute Gasteiger partial charge is 1.00 e. The number of rotatable bonds is 1. The Morgan fingerprint density at radius 1 is 0.800 bits per heavy atom. The first-order valence-electron chi connectivity index (χ1n) is 5.56. The summed E-state index contributed by atoms with van der Waals surface area (Å²) < 4.78 is 0. The molecule has 0 aromatic heterocycles. The second-order valence-electron chi connectivity index (χ2n) is 4.21. The van der Waals surface area contributed by atoms with Crippen molar-refractivity contribution in [2.45, 2.75) is 6.92 Å². The molecule has 0 aliphatic carbocycles. The first-order chi connectivity index (χ1) is 7.84. The minimum absolute atomic E-state index is 0. The zero-order valence-corrected chi connectivity index (χ0v) is 13.4. The Kier molecular flexibility index (Phi) is 9.26. The summed E-state index contributed by atoms with van der Waals surface area (Å²) in [4.78, 5) is 0. The molecule has 0 bridgehead atoms. The first-order valence-corrected chi connectivity index (χ1v) is 5.56. The van der Waals surface area contributed by atoms with Crippen molar-refractivity contribution in [3.63, 3.8) is 0 Å². The predicted molar refractivity (Wildman–Crippen MR) is 69.7 cm³/mol. The van der Waals surface area contributed by atoms with E-state index in [2.05, 4.69) is 67.6 Å². The Morgan fingerprint density at radius 2 is 1.45 bits per heavy atom. The summed E-state index contributed by atoms with van der Waals surface area (Å²) in [5.74, 6) is 0. The number of benzene rings is 2. The molecule has 0 spiro atoms. The summed E-state index contributed by atoms with van der Waals surface area (Å²) in [5.41, 5.74) is 3.95. The Balaban J connectivity index is 0. The Hall–Kier alpha value is -1.28. The average Bonchev–Trinajstić information content (AvgIpc) is 2.70. The van der Waals surface area contributed by atoms with Crippen LogP contribution >= 0.6 is 0 Å². The molecule has 0 fully saturated rings. The molecule has 0 radical (unpaired) electrons. The molecule has 0 saturated carbocycles. The molecule has 0 N–H and O–H groups in total. The molecule has 4 heteroatoms. The van der Waals surface area contributed by atoms with Gasteiger partial charge in [0.1, 0.15) is 0 Å². The molecule has 102 valence electrons. The van der Waals surface area contributed by atoms with Crippen LogP contribution in [0.2, 0.25) is 0 Å². The van der Waals surface area contributed by atoms with Crippen LogP contribution in [0, 0.1) is 6.92 Å². The molecular weight excluding hydrogens is 340 g/mol. The minimum atomic E-state index is 0. The van der Waals surface area contributed by atoms with Gasteiger partial charge in [0.15, 0.2) is 0 Å². The van der Waals surface area contributed by atoms with Crippen molar-refractivity contribution in [3.05, 3.63) is 66.2 Å². The number of fused-ring (bicyclic) bond motifs is 1. The fraction of sp³-hybridized carbons (Fsp3) is 0.0625. The summed E-state index contributed by atoms with van der Waals surface area (Å²) in [6.07, 6.45) is 0. The monoisotopic (exact) mass is 352 g/mol. The van der Waals surface area contributed by atoms with E-state index in [1.165, 1.54) is 27.5 Å². The first kappa shape index (κ1) is 21.0. The molecule has 0 aliphatic heterocycles. The number of hydrogen-bond acceptors (Lipinski definition) is 0. The Bertz CT molecular complexity index is 633. The fourth-order valence-electron chi connectivity index (χ4n) is 2.25. The third-order valence-corrected chi connectivity index (χ3v) is 2.98. The standard InChI is InChI=1S/C16H13.3FH.Zr/c1-12-10-14-8-5-9-15(16(14)11-12)13-6-3-2-4-7-13;;;;/h2-11H,1H3;3*1H;/q-1;;;;+4/p-3. The maximum Gasteiger partial charge on any atom is 4.00 e. The van der Waals surface area contributed by atoms with E-state index in [4.69, 9.17) is 0 Å². The van der Waals surface area contributed by atoms with Gasteiger partial charge >= 0.3 is 26.2 Å². The molecule has 0 nitrogen and oxygen atoms in total. The van der Waals surface area contributed by atoms with Crippen molar-refractivity contribution in [1.29, 1.82) is 0 Å². The Morgan fingerprint density at radius 3 is 2.10 bits per heavy atom. The molecular formula is C16H13F3Zr. The number of aryl methyl sites for hydroxylation is 1. The van der Waals surface area contributed by atoms with Crippen LogP contribution < -0.4 is 14.1 Å². The van der Waals surface area contributed by atoms with Crippen LogP contribution in [0.15, 0.2) is 60.7 Å². The summed E-state index contributed by atoms with van der Waals surface area (Å²) in [5, 5.41) is 2.69. The van der Waals surface area contributed by atoms with Crippen LogP contribution in [-0.2, 0) is 26.2 Å². The SMILES string of the molecule is Cc1cc2c(-c3ccccc3)cccc2[cH-]1.[F-].[F-].[F-].[Zr+4]. The molecule has 0 amide bonds. The third-order valence-electron chi connectivity index (χ3n) is 2.98. The Labute approximate surface area is 135 Å². The van der Waals surface area contributed by atoms with Gasteiger partial charge in [-0.1, -0.05) is 48.9 Å². The van der Waals surface area contributed by atoms with Gasteiger partial charge in [-0.25, -0.2) is 0 Å². The van der Waals surface area contributed by atoms with E-state index in [1.807, 2.05) is 0 Å². The zero-order chi connectivity index (χ0) is 11.0. The maximum absolute atomic E-state index is 2.26. The summed E-state index contributed by atoms with van der Waals surface area (Å²) in [6.45, 7) is 2.15. The van der Waals surface area contributed by atoms with E-state index in [0.29, 0.717) is 0 Å². The van der Waals surface area contributed by atoms with Crippen LogP contribution in [0.25, 0.3) is 21.9 Å². The van der Waals surface area contributed by atoms with E-state index in [-0.39, 0.29) is 40.3 Å². The van der Waals surface area contributed by atoms with Gasteiger partial charge in [0.05, 0.1) is 0 Å². The molecule has 0 unspecified atom stereocenters. The van der Waals surface area contributed by atoms with Crippen molar-refractivity contribution >= 4 is 10.8 Å². The number of halogens is 3. The second kappa shape index (κ2) is 8.81. The molecule has 0 atom stereocenters. The van der Waals surface area contributed by atoms with Gasteiger partial charge in [0.25, 0.3) is 0 Å². The molecule has 3 aromatic carbocycles. The normalized spacial score (nSPS) is 8.65. The minimum Gasteiger partial charge on any atom is -1.00 e. The molecule has 3 rings (SSSR count). The van der Waals surface area contributed by atoms with E-state index in [0.717, 1.165) is 0 Å². The van der Waals surface area contributed by atoms with Crippen LogP contribution in [0.1, 0.15) is 5.56 Å². The second-order valence-corrected chi connectivity index (χ2v) is 4.21. The van der Waals surface area contributed by atoms with E-state index in [1.54, 1.807) is 0 Å². The third kappa shape index (κ3) is 3.86. The largest absolute Gasteiger partial charge is 4.00 e. The van der Waals surface area contributed by atoms with Crippen LogP contribution in [0.3, 0.4) is 0 Å². The zero-order valence-electron chi connectivity index (χ0n) is 10.9. The summed E-state index contributed by atoms with van der Waals surface area (Å²) in [7, 11) is 0. The van der Waals surface area contributed by atoms with Crippen molar-refractivity contribution in [1.82, 2.24) is 0 Å². The average molecular weight is 353 g/mol. The van der Waals surface area contributed by atoms with Gasteiger partial charge in [0.2, 0.25) is 0 Å². The van der Waals surface area contributed by atoms with E-state index < -0.39 is 0 Å². The molecule has 0 heterocycles. The number of hydrogen-bond donors (Lipinski definition) is 0. The van der Waals surface area contributed by atoms with Gasteiger partial charge in [0, 0.05) is 0 Å².